The second-order valence-electron chi connectivity index (χ2n) is 4.70. The van der Waals surface area contributed by atoms with E-state index in [1.807, 2.05) is 0 Å². The number of benzene rings is 1. The van der Waals surface area contributed by atoms with E-state index in [-0.39, 0.29) is 10.6 Å². The average molecular weight is 316 g/mol. The molecule has 0 amide bonds. The number of hydrogen-bond acceptors (Lipinski definition) is 5. The van der Waals surface area contributed by atoms with Crippen molar-refractivity contribution in [2.24, 2.45) is 0 Å². The molecule has 1 atom stereocenters. The number of nitrogens with zero attached hydrogens (tertiary/aromatic N) is 2. The van der Waals surface area contributed by atoms with Crippen LogP contribution in [-0.2, 0) is 14.8 Å². The first-order chi connectivity index (χ1) is 9.50. The Balaban J connectivity index is 3.48. The number of sulfonamides is 1. The molecule has 8 nitrogen and oxygen atoms in total. The summed E-state index contributed by atoms with van der Waals surface area (Å²) in [6.07, 6.45) is 0. The maximum atomic E-state index is 12.4. The quantitative estimate of drug-likeness (QED) is 0.646. The molecule has 0 heterocycles. The molecule has 0 radical (unpaired) electrons. The second kappa shape index (κ2) is 5.78. The number of nitro benzene ring substituents is 1. The summed E-state index contributed by atoms with van der Waals surface area (Å²) < 4.78 is 25.5. The summed E-state index contributed by atoms with van der Waals surface area (Å²) in [6, 6.07) is 1.07. The summed E-state index contributed by atoms with van der Waals surface area (Å²) in [5.74, 6) is -1.31. The van der Waals surface area contributed by atoms with Gasteiger partial charge in [-0.3, -0.25) is 14.9 Å². The Morgan fingerprint density at radius 2 is 1.86 bits per heavy atom. The molecule has 0 aliphatic rings. The van der Waals surface area contributed by atoms with Crippen LogP contribution in [0.4, 0.5) is 5.69 Å². The fraction of sp³-hybridized carbons (Fsp3) is 0.417. The van der Waals surface area contributed by atoms with Crippen LogP contribution in [0.15, 0.2) is 17.0 Å². The molecule has 0 saturated carbocycles. The van der Waals surface area contributed by atoms with E-state index >= 15 is 0 Å². The minimum Gasteiger partial charge on any atom is -0.480 e. The highest BCUT2D eigenvalue weighted by Gasteiger charge is 2.32. The number of aliphatic carboxylic acids is 1. The molecule has 116 valence electrons. The van der Waals surface area contributed by atoms with Crippen LogP contribution in [0.3, 0.4) is 0 Å². The van der Waals surface area contributed by atoms with Gasteiger partial charge in [0.1, 0.15) is 6.04 Å². The van der Waals surface area contributed by atoms with Gasteiger partial charge in [-0.15, -0.1) is 0 Å². The molecule has 0 spiro atoms. The summed E-state index contributed by atoms with van der Waals surface area (Å²) >= 11 is 0. The summed E-state index contributed by atoms with van der Waals surface area (Å²) in [7, 11) is -3.01. The van der Waals surface area contributed by atoms with Crippen molar-refractivity contribution in [1.29, 1.82) is 0 Å². The highest BCUT2D eigenvalue weighted by molar-refractivity contribution is 7.89. The first-order valence-corrected chi connectivity index (χ1v) is 7.40. The van der Waals surface area contributed by atoms with Crippen molar-refractivity contribution in [3.8, 4) is 0 Å². The van der Waals surface area contributed by atoms with E-state index in [2.05, 4.69) is 0 Å². The van der Waals surface area contributed by atoms with Gasteiger partial charge in [-0.05, 0) is 32.4 Å². The lowest BCUT2D eigenvalue weighted by molar-refractivity contribution is -0.385. The normalized spacial score (nSPS) is 13.2. The molecule has 0 bridgehead atoms. The first kappa shape index (κ1) is 17.1. The fourth-order valence-corrected chi connectivity index (χ4v) is 3.36. The summed E-state index contributed by atoms with van der Waals surface area (Å²) in [5.41, 5.74) is 0.337. The van der Waals surface area contributed by atoms with Crippen molar-refractivity contribution in [2.45, 2.75) is 31.7 Å². The van der Waals surface area contributed by atoms with Crippen molar-refractivity contribution in [3.63, 3.8) is 0 Å². The van der Waals surface area contributed by atoms with Gasteiger partial charge in [0.2, 0.25) is 10.0 Å². The van der Waals surface area contributed by atoms with Gasteiger partial charge in [0.25, 0.3) is 5.69 Å². The number of carbonyl (C=O) groups is 1. The molecule has 0 saturated heterocycles. The molecule has 1 rings (SSSR count). The second-order valence-corrected chi connectivity index (χ2v) is 6.66. The lowest BCUT2D eigenvalue weighted by atomic mass is 10.1. The zero-order valence-corrected chi connectivity index (χ0v) is 12.8. The van der Waals surface area contributed by atoms with E-state index in [4.69, 9.17) is 5.11 Å². The van der Waals surface area contributed by atoms with Crippen molar-refractivity contribution >= 4 is 21.7 Å². The van der Waals surface area contributed by atoms with Crippen LogP contribution in [-0.4, -0.2) is 41.8 Å². The summed E-state index contributed by atoms with van der Waals surface area (Å²) in [4.78, 5) is 20.9. The Kier molecular flexibility index (Phi) is 4.69. The molecule has 1 N–H and O–H groups in total. The van der Waals surface area contributed by atoms with Crippen LogP contribution in [0.2, 0.25) is 0 Å². The number of rotatable bonds is 5. The van der Waals surface area contributed by atoms with E-state index in [1.165, 1.54) is 26.8 Å². The summed E-state index contributed by atoms with van der Waals surface area (Å²) in [5, 5.41) is 19.8. The van der Waals surface area contributed by atoms with Gasteiger partial charge >= 0.3 is 5.97 Å². The standard InChI is InChI=1S/C12H16N2O6S/c1-7-5-8(2)11(6-10(7)14(17)18)21(19,20)13(4)9(3)12(15)16/h5-6,9H,1-4H3,(H,15,16). The van der Waals surface area contributed by atoms with E-state index in [1.54, 1.807) is 0 Å². The van der Waals surface area contributed by atoms with Gasteiger partial charge in [-0.1, -0.05) is 0 Å². The SMILES string of the molecule is Cc1cc(C)c(S(=O)(=O)N(C)C(C)C(=O)O)cc1[N+](=O)[O-]. The average Bonchev–Trinajstić information content (AvgIpc) is 2.35. The predicted molar refractivity (Wildman–Crippen MR) is 74.6 cm³/mol. The molecule has 1 aromatic rings. The minimum atomic E-state index is -4.14. The van der Waals surface area contributed by atoms with Crippen LogP contribution < -0.4 is 0 Å². The van der Waals surface area contributed by atoms with Crippen molar-refractivity contribution < 1.29 is 23.2 Å². The third-order valence-electron chi connectivity index (χ3n) is 3.25. The number of nitro groups is 1. The van der Waals surface area contributed by atoms with Crippen molar-refractivity contribution in [3.05, 3.63) is 33.4 Å². The number of aryl methyl sites for hydroxylation is 2. The van der Waals surface area contributed by atoms with E-state index in [0.29, 0.717) is 15.4 Å². The highest BCUT2D eigenvalue weighted by Crippen LogP contribution is 2.28. The van der Waals surface area contributed by atoms with Gasteiger partial charge in [0.05, 0.1) is 9.82 Å². The Morgan fingerprint density at radius 3 is 2.29 bits per heavy atom. The number of likely N-dealkylation sites (N-methyl/N-ethyl adjacent to an activating group) is 1. The maximum absolute atomic E-state index is 12.4. The topological polar surface area (TPSA) is 118 Å². The van der Waals surface area contributed by atoms with Crippen molar-refractivity contribution in [1.82, 2.24) is 4.31 Å². The Labute approximate surface area is 122 Å². The van der Waals surface area contributed by atoms with E-state index in [0.717, 1.165) is 13.1 Å². The molecular formula is C12H16N2O6S. The van der Waals surface area contributed by atoms with Crippen molar-refractivity contribution in [2.75, 3.05) is 7.05 Å². The minimum absolute atomic E-state index is 0.268. The number of carboxylic acid groups (broad SMARTS) is 1. The van der Waals surface area contributed by atoms with E-state index < -0.39 is 27.0 Å². The zero-order valence-electron chi connectivity index (χ0n) is 12.0. The smallest absolute Gasteiger partial charge is 0.321 e. The maximum Gasteiger partial charge on any atom is 0.321 e. The lowest BCUT2D eigenvalue weighted by Crippen LogP contribution is -2.40. The molecule has 0 aliphatic carbocycles. The highest BCUT2D eigenvalue weighted by atomic mass is 32.2. The largest absolute Gasteiger partial charge is 0.480 e. The van der Waals surface area contributed by atoms with Gasteiger partial charge in [-0.25, -0.2) is 8.42 Å². The molecule has 9 heteroatoms. The number of carboxylic acids is 1. The third-order valence-corrected chi connectivity index (χ3v) is 5.32. The van der Waals surface area contributed by atoms with Gasteiger partial charge in [0, 0.05) is 18.7 Å². The van der Waals surface area contributed by atoms with Crippen LogP contribution in [0.5, 0.6) is 0 Å². The first-order valence-electron chi connectivity index (χ1n) is 5.96. The third kappa shape index (κ3) is 3.19. The predicted octanol–water partition coefficient (Wildman–Crippen LogP) is 1.31. The van der Waals surface area contributed by atoms with Gasteiger partial charge < -0.3 is 5.11 Å². The molecular weight excluding hydrogens is 300 g/mol. The lowest BCUT2D eigenvalue weighted by Gasteiger charge is -2.22. The van der Waals surface area contributed by atoms with Crippen LogP contribution >= 0.6 is 0 Å². The molecule has 0 aromatic heterocycles. The van der Waals surface area contributed by atoms with Crippen LogP contribution in [0.25, 0.3) is 0 Å². The Bertz CT molecular complexity index is 698. The van der Waals surface area contributed by atoms with Crippen LogP contribution in [0, 0.1) is 24.0 Å². The fourth-order valence-electron chi connectivity index (χ4n) is 1.82. The number of hydrogen-bond donors (Lipinski definition) is 1. The summed E-state index contributed by atoms with van der Waals surface area (Å²) in [6.45, 7) is 4.23. The van der Waals surface area contributed by atoms with E-state index in [9.17, 15) is 23.3 Å². The Hall–Kier alpha value is -2.00. The van der Waals surface area contributed by atoms with Gasteiger partial charge in [0.15, 0.2) is 0 Å². The Morgan fingerprint density at radius 1 is 1.33 bits per heavy atom. The zero-order chi connectivity index (χ0) is 16.5. The molecule has 0 fully saturated rings. The molecule has 0 aliphatic heterocycles. The van der Waals surface area contributed by atoms with Crippen LogP contribution in [0.1, 0.15) is 18.1 Å². The van der Waals surface area contributed by atoms with Gasteiger partial charge in [-0.2, -0.15) is 4.31 Å². The molecule has 1 aromatic carbocycles. The monoisotopic (exact) mass is 316 g/mol. The molecule has 1 unspecified atom stereocenters. The molecule has 21 heavy (non-hydrogen) atoms.